The second-order valence-electron chi connectivity index (χ2n) is 6.31. The molecule has 2 aromatic carbocycles. The molecule has 0 unspecified atom stereocenters. The Morgan fingerprint density at radius 1 is 1.04 bits per heavy atom. The van der Waals surface area contributed by atoms with E-state index in [1.165, 1.54) is 6.92 Å². The zero-order valence-electron chi connectivity index (χ0n) is 14.8. The van der Waals surface area contributed by atoms with Crippen LogP contribution in [-0.4, -0.2) is 42.3 Å². The number of amides is 2. The predicted octanol–water partition coefficient (Wildman–Crippen LogP) is 2.11. The van der Waals surface area contributed by atoms with E-state index in [-0.39, 0.29) is 19.1 Å². The van der Waals surface area contributed by atoms with Crippen molar-refractivity contribution in [2.75, 3.05) is 13.2 Å². The van der Waals surface area contributed by atoms with Crippen LogP contribution in [0.5, 0.6) is 0 Å². The number of carboxylic acids is 1. The van der Waals surface area contributed by atoms with Gasteiger partial charge in [0.15, 0.2) is 0 Å². The summed E-state index contributed by atoms with van der Waals surface area (Å²) in [5.41, 5.74) is 4.45. The summed E-state index contributed by atoms with van der Waals surface area (Å²) >= 11 is 0. The molecule has 0 radical (unpaired) electrons. The third-order valence-corrected chi connectivity index (χ3v) is 4.48. The topological polar surface area (TPSA) is 105 Å². The van der Waals surface area contributed by atoms with Gasteiger partial charge in [-0.1, -0.05) is 48.5 Å². The Morgan fingerprint density at radius 2 is 1.59 bits per heavy atom. The molecule has 3 N–H and O–H groups in total. The van der Waals surface area contributed by atoms with E-state index in [0.717, 1.165) is 22.3 Å². The highest BCUT2D eigenvalue weighted by atomic mass is 16.5. The summed E-state index contributed by atoms with van der Waals surface area (Å²) in [6.45, 7) is 1.13. The minimum atomic E-state index is -1.15. The van der Waals surface area contributed by atoms with Gasteiger partial charge in [-0.25, -0.2) is 4.79 Å². The van der Waals surface area contributed by atoms with Crippen LogP contribution in [0.15, 0.2) is 48.5 Å². The van der Waals surface area contributed by atoms with Crippen LogP contribution in [-0.2, 0) is 14.3 Å². The minimum absolute atomic E-state index is 0.0657. The zero-order chi connectivity index (χ0) is 19.4. The lowest BCUT2D eigenvalue weighted by molar-refractivity contribution is -0.141. The van der Waals surface area contributed by atoms with E-state index in [1.807, 2.05) is 48.5 Å². The molecule has 0 aromatic heterocycles. The minimum Gasteiger partial charge on any atom is -0.480 e. The van der Waals surface area contributed by atoms with E-state index in [9.17, 15) is 14.4 Å². The van der Waals surface area contributed by atoms with Crippen LogP contribution in [0.3, 0.4) is 0 Å². The molecule has 1 aliphatic carbocycles. The van der Waals surface area contributed by atoms with Crippen molar-refractivity contribution >= 4 is 18.0 Å². The van der Waals surface area contributed by atoms with Gasteiger partial charge in [-0.3, -0.25) is 9.59 Å². The SMILES string of the molecule is C[C@H](NC(=O)CNC(=O)OCC1c2ccccc2-c2ccccc21)C(=O)O. The van der Waals surface area contributed by atoms with E-state index in [1.54, 1.807) is 0 Å². The number of fused-ring (bicyclic) bond motifs is 3. The number of hydrogen-bond donors (Lipinski definition) is 3. The van der Waals surface area contributed by atoms with Crippen LogP contribution in [0, 0.1) is 0 Å². The molecule has 0 spiro atoms. The molecule has 1 atom stereocenters. The second-order valence-corrected chi connectivity index (χ2v) is 6.31. The highest BCUT2D eigenvalue weighted by Crippen LogP contribution is 2.44. The number of carboxylic acid groups (broad SMARTS) is 1. The summed E-state index contributed by atoms with van der Waals surface area (Å²) in [5, 5.41) is 13.3. The monoisotopic (exact) mass is 368 g/mol. The second kappa shape index (κ2) is 7.90. The van der Waals surface area contributed by atoms with Crippen molar-refractivity contribution in [3.05, 3.63) is 59.7 Å². The maximum atomic E-state index is 11.9. The van der Waals surface area contributed by atoms with E-state index in [0.29, 0.717) is 0 Å². The summed E-state index contributed by atoms with van der Waals surface area (Å²) < 4.78 is 5.30. The first kappa shape index (κ1) is 18.4. The molecule has 0 fully saturated rings. The highest BCUT2D eigenvalue weighted by Gasteiger charge is 2.29. The van der Waals surface area contributed by atoms with Crippen LogP contribution in [0.25, 0.3) is 11.1 Å². The number of carbonyl (C=O) groups excluding carboxylic acids is 2. The standard InChI is InChI=1S/C20H20N2O5/c1-12(19(24)25)22-18(23)10-21-20(26)27-11-17-15-8-4-2-6-13(15)14-7-3-5-9-16(14)17/h2-9,12,17H,10-11H2,1H3,(H,21,26)(H,22,23)(H,24,25)/t12-/m0/s1. The maximum absolute atomic E-state index is 11.9. The molecule has 0 saturated heterocycles. The maximum Gasteiger partial charge on any atom is 0.407 e. The van der Waals surface area contributed by atoms with Gasteiger partial charge in [0.1, 0.15) is 19.2 Å². The smallest absolute Gasteiger partial charge is 0.407 e. The lowest BCUT2D eigenvalue weighted by Gasteiger charge is -2.15. The number of hydrogen-bond acceptors (Lipinski definition) is 4. The fraction of sp³-hybridized carbons (Fsp3) is 0.250. The number of rotatable bonds is 6. The summed E-state index contributed by atoms with van der Waals surface area (Å²) in [4.78, 5) is 34.2. The van der Waals surface area contributed by atoms with Gasteiger partial charge in [-0.05, 0) is 29.2 Å². The van der Waals surface area contributed by atoms with E-state index >= 15 is 0 Å². The zero-order valence-corrected chi connectivity index (χ0v) is 14.8. The Bertz CT molecular complexity index is 835. The van der Waals surface area contributed by atoms with Crippen LogP contribution >= 0.6 is 0 Å². The van der Waals surface area contributed by atoms with Crippen LogP contribution in [0.4, 0.5) is 4.79 Å². The number of carbonyl (C=O) groups is 3. The molecule has 0 aliphatic heterocycles. The van der Waals surface area contributed by atoms with E-state index in [4.69, 9.17) is 9.84 Å². The van der Waals surface area contributed by atoms with Crippen molar-refractivity contribution in [1.29, 1.82) is 0 Å². The number of alkyl carbamates (subject to hydrolysis) is 1. The summed E-state index contributed by atoms with van der Waals surface area (Å²) in [6, 6.07) is 14.9. The molecule has 1 aliphatic rings. The van der Waals surface area contributed by atoms with Gasteiger partial charge in [0.2, 0.25) is 5.91 Å². The first-order chi connectivity index (χ1) is 13.0. The lowest BCUT2D eigenvalue weighted by Crippen LogP contribution is -2.44. The first-order valence-corrected chi connectivity index (χ1v) is 8.58. The Kier molecular flexibility index (Phi) is 5.40. The summed E-state index contributed by atoms with van der Waals surface area (Å²) in [5.74, 6) is -1.81. The molecule has 0 heterocycles. The van der Waals surface area contributed by atoms with Gasteiger partial charge in [0.05, 0.1) is 0 Å². The molecule has 27 heavy (non-hydrogen) atoms. The van der Waals surface area contributed by atoms with Crippen molar-refractivity contribution in [3.8, 4) is 11.1 Å². The Morgan fingerprint density at radius 3 is 2.15 bits per heavy atom. The van der Waals surface area contributed by atoms with Crippen molar-refractivity contribution in [1.82, 2.24) is 10.6 Å². The van der Waals surface area contributed by atoms with Gasteiger partial charge in [-0.15, -0.1) is 0 Å². The fourth-order valence-corrected chi connectivity index (χ4v) is 3.16. The van der Waals surface area contributed by atoms with Crippen molar-refractivity contribution in [3.63, 3.8) is 0 Å². The first-order valence-electron chi connectivity index (χ1n) is 8.58. The Balaban J connectivity index is 1.57. The average molecular weight is 368 g/mol. The van der Waals surface area contributed by atoms with Gasteiger partial charge < -0.3 is 20.5 Å². The van der Waals surface area contributed by atoms with Crippen molar-refractivity contribution < 1.29 is 24.2 Å². The molecule has 3 rings (SSSR count). The molecule has 140 valence electrons. The fourth-order valence-electron chi connectivity index (χ4n) is 3.16. The van der Waals surface area contributed by atoms with Crippen LogP contribution < -0.4 is 10.6 Å². The van der Waals surface area contributed by atoms with Gasteiger partial charge >= 0.3 is 12.1 Å². The molecule has 0 saturated carbocycles. The molecule has 7 heteroatoms. The number of nitrogens with one attached hydrogen (secondary N) is 2. The van der Waals surface area contributed by atoms with E-state index < -0.39 is 24.0 Å². The average Bonchev–Trinajstić information content (AvgIpc) is 2.98. The molecule has 2 amide bonds. The molecular weight excluding hydrogens is 348 g/mol. The summed E-state index contributed by atoms with van der Waals surface area (Å²) in [6.07, 6.45) is -0.727. The van der Waals surface area contributed by atoms with Gasteiger partial charge in [-0.2, -0.15) is 0 Å². The normalized spacial score (nSPS) is 13.2. The van der Waals surface area contributed by atoms with Crippen LogP contribution in [0.2, 0.25) is 0 Å². The summed E-state index contributed by atoms with van der Waals surface area (Å²) in [7, 11) is 0. The largest absolute Gasteiger partial charge is 0.480 e. The Labute approximate surface area is 156 Å². The van der Waals surface area contributed by atoms with Crippen molar-refractivity contribution in [2.24, 2.45) is 0 Å². The highest BCUT2D eigenvalue weighted by molar-refractivity contribution is 5.86. The number of aliphatic carboxylic acids is 1. The predicted molar refractivity (Wildman–Crippen MR) is 98.3 cm³/mol. The number of benzene rings is 2. The van der Waals surface area contributed by atoms with E-state index in [2.05, 4.69) is 10.6 Å². The molecule has 7 nitrogen and oxygen atoms in total. The van der Waals surface area contributed by atoms with Gasteiger partial charge in [0.25, 0.3) is 0 Å². The Hall–Kier alpha value is -3.35. The number of ether oxygens (including phenoxy) is 1. The van der Waals surface area contributed by atoms with Gasteiger partial charge in [0, 0.05) is 5.92 Å². The van der Waals surface area contributed by atoms with Crippen LogP contribution in [0.1, 0.15) is 24.0 Å². The molecule has 2 aromatic rings. The quantitative estimate of drug-likeness (QED) is 0.724. The lowest BCUT2D eigenvalue weighted by atomic mass is 9.98. The third kappa shape index (κ3) is 4.08. The molecular formula is C20H20N2O5. The van der Waals surface area contributed by atoms with Crippen molar-refractivity contribution in [2.45, 2.75) is 18.9 Å². The molecule has 0 bridgehead atoms. The third-order valence-electron chi connectivity index (χ3n) is 4.48.